The number of ether oxygens (including phenoxy) is 2. The second kappa shape index (κ2) is 6.46. The van der Waals surface area contributed by atoms with Gasteiger partial charge in [-0.15, -0.1) is 0 Å². The van der Waals surface area contributed by atoms with E-state index in [0.29, 0.717) is 24.7 Å². The monoisotopic (exact) mass is 374 g/mol. The second-order valence-electron chi connectivity index (χ2n) is 9.23. The molecule has 5 nitrogen and oxygen atoms in total. The lowest BCUT2D eigenvalue weighted by Gasteiger charge is -2.57. The molecular formula is C22H30O5. The van der Waals surface area contributed by atoms with Gasteiger partial charge in [0.2, 0.25) is 0 Å². The maximum atomic E-state index is 13.0. The van der Waals surface area contributed by atoms with Gasteiger partial charge in [-0.05, 0) is 74.3 Å². The zero-order valence-corrected chi connectivity index (χ0v) is 16.6. The Kier molecular flexibility index (Phi) is 4.47. The Morgan fingerprint density at radius 1 is 1.07 bits per heavy atom. The lowest BCUT2D eigenvalue weighted by atomic mass is 9.47. The van der Waals surface area contributed by atoms with E-state index in [9.17, 15) is 14.4 Å². The standard InChI is InChI=1S/C22H30O5/c1-13(23)27-19-7-6-17-16-5-4-14-12-15(24)8-11-22(14,20(25)26-3)18(16)9-10-21(17,19)2/h12,16-19H,4-11H2,1-3H3/t16-,17-,18-,19-,21-,22+/m0/s1. The molecule has 6 atom stereocenters. The van der Waals surface area contributed by atoms with Crippen LogP contribution in [-0.4, -0.2) is 30.9 Å². The highest BCUT2D eigenvalue weighted by Gasteiger charge is 2.63. The summed E-state index contributed by atoms with van der Waals surface area (Å²) >= 11 is 0. The van der Waals surface area contributed by atoms with E-state index >= 15 is 0 Å². The van der Waals surface area contributed by atoms with Gasteiger partial charge >= 0.3 is 11.9 Å². The highest BCUT2D eigenvalue weighted by Crippen LogP contribution is 2.66. The van der Waals surface area contributed by atoms with Gasteiger partial charge in [0.25, 0.3) is 0 Å². The van der Waals surface area contributed by atoms with Crippen LogP contribution in [0.25, 0.3) is 0 Å². The van der Waals surface area contributed by atoms with Crippen LogP contribution in [0.2, 0.25) is 0 Å². The molecule has 0 aliphatic heterocycles. The first-order valence-corrected chi connectivity index (χ1v) is 10.3. The van der Waals surface area contributed by atoms with Crippen molar-refractivity contribution in [2.24, 2.45) is 28.6 Å². The maximum Gasteiger partial charge on any atom is 0.316 e. The van der Waals surface area contributed by atoms with Gasteiger partial charge in [-0.2, -0.15) is 0 Å². The molecule has 0 amide bonds. The van der Waals surface area contributed by atoms with Crippen molar-refractivity contribution in [2.75, 3.05) is 7.11 Å². The molecular weight excluding hydrogens is 344 g/mol. The number of carbonyl (C=O) groups excluding carboxylic acids is 3. The highest BCUT2D eigenvalue weighted by molar-refractivity contribution is 5.95. The van der Waals surface area contributed by atoms with E-state index in [1.54, 1.807) is 6.08 Å². The molecule has 0 aromatic carbocycles. The average molecular weight is 374 g/mol. The summed E-state index contributed by atoms with van der Waals surface area (Å²) < 4.78 is 11.0. The van der Waals surface area contributed by atoms with E-state index in [2.05, 4.69) is 6.92 Å². The van der Waals surface area contributed by atoms with Crippen molar-refractivity contribution in [1.29, 1.82) is 0 Å². The highest BCUT2D eigenvalue weighted by atomic mass is 16.5. The second-order valence-corrected chi connectivity index (χ2v) is 9.23. The lowest BCUT2D eigenvalue weighted by Crippen LogP contribution is -2.55. The van der Waals surface area contributed by atoms with E-state index < -0.39 is 5.41 Å². The predicted molar refractivity (Wildman–Crippen MR) is 98.6 cm³/mol. The fourth-order valence-corrected chi connectivity index (χ4v) is 7.13. The molecule has 3 fully saturated rings. The largest absolute Gasteiger partial charge is 0.468 e. The maximum absolute atomic E-state index is 13.0. The summed E-state index contributed by atoms with van der Waals surface area (Å²) in [4.78, 5) is 36.6. The van der Waals surface area contributed by atoms with E-state index in [1.165, 1.54) is 14.0 Å². The summed E-state index contributed by atoms with van der Waals surface area (Å²) in [6, 6.07) is 0. The number of ketones is 1. The number of esters is 2. The zero-order valence-electron chi connectivity index (χ0n) is 16.6. The van der Waals surface area contributed by atoms with Crippen molar-refractivity contribution >= 4 is 17.7 Å². The third kappa shape index (κ3) is 2.60. The van der Waals surface area contributed by atoms with Crippen LogP contribution in [0.4, 0.5) is 0 Å². The zero-order chi connectivity index (χ0) is 19.4. The van der Waals surface area contributed by atoms with Crippen LogP contribution in [0.5, 0.6) is 0 Å². The van der Waals surface area contributed by atoms with Crippen LogP contribution in [0, 0.1) is 28.6 Å². The van der Waals surface area contributed by atoms with Crippen LogP contribution >= 0.6 is 0 Å². The Hall–Kier alpha value is -1.65. The van der Waals surface area contributed by atoms with Crippen molar-refractivity contribution in [3.63, 3.8) is 0 Å². The number of hydrogen-bond acceptors (Lipinski definition) is 5. The summed E-state index contributed by atoms with van der Waals surface area (Å²) in [5.41, 5.74) is 0.382. The van der Waals surface area contributed by atoms with Crippen LogP contribution in [0.3, 0.4) is 0 Å². The van der Waals surface area contributed by atoms with Crippen molar-refractivity contribution in [2.45, 2.75) is 71.3 Å². The van der Waals surface area contributed by atoms with Crippen molar-refractivity contribution in [3.8, 4) is 0 Å². The molecule has 0 radical (unpaired) electrons. The topological polar surface area (TPSA) is 69.7 Å². The number of rotatable bonds is 2. The summed E-state index contributed by atoms with van der Waals surface area (Å²) in [7, 11) is 1.47. The van der Waals surface area contributed by atoms with Gasteiger partial charge in [0, 0.05) is 18.8 Å². The lowest BCUT2D eigenvalue weighted by molar-refractivity contribution is -0.167. The molecule has 4 aliphatic rings. The van der Waals surface area contributed by atoms with Gasteiger partial charge in [-0.1, -0.05) is 6.92 Å². The fraction of sp³-hybridized carbons (Fsp3) is 0.773. The summed E-state index contributed by atoms with van der Waals surface area (Å²) in [6.45, 7) is 3.76. The fourth-order valence-electron chi connectivity index (χ4n) is 7.13. The summed E-state index contributed by atoms with van der Waals surface area (Å²) in [5.74, 6) is 0.894. The molecule has 4 aliphatic carbocycles. The van der Waals surface area contributed by atoms with Crippen LogP contribution in [0.1, 0.15) is 65.2 Å². The number of methoxy groups -OCH3 is 1. The van der Waals surface area contributed by atoms with Gasteiger partial charge in [0.15, 0.2) is 5.78 Å². The predicted octanol–water partition coefficient (Wildman–Crippen LogP) is 3.60. The number of carbonyl (C=O) groups is 3. The first-order chi connectivity index (χ1) is 12.8. The number of hydrogen-bond donors (Lipinski definition) is 0. The van der Waals surface area contributed by atoms with Gasteiger partial charge in [-0.25, -0.2) is 0 Å². The summed E-state index contributed by atoms with van der Waals surface area (Å²) in [6.07, 6.45) is 8.39. The van der Waals surface area contributed by atoms with E-state index in [-0.39, 0.29) is 35.2 Å². The molecule has 148 valence electrons. The first kappa shape index (κ1) is 18.7. The normalized spacial score (nSPS) is 43.1. The van der Waals surface area contributed by atoms with Gasteiger partial charge in [-0.3, -0.25) is 14.4 Å². The molecule has 0 N–H and O–H groups in total. The molecule has 0 aromatic rings. The molecule has 0 aromatic heterocycles. The van der Waals surface area contributed by atoms with E-state index in [4.69, 9.17) is 9.47 Å². The molecule has 0 spiro atoms. The quantitative estimate of drug-likeness (QED) is 0.691. The number of fused-ring (bicyclic) bond motifs is 5. The van der Waals surface area contributed by atoms with E-state index in [1.807, 2.05) is 0 Å². The molecule has 5 heteroatoms. The van der Waals surface area contributed by atoms with E-state index in [0.717, 1.165) is 44.1 Å². The van der Waals surface area contributed by atoms with Crippen molar-refractivity contribution in [1.82, 2.24) is 0 Å². The smallest absolute Gasteiger partial charge is 0.316 e. The van der Waals surface area contributed by atoms with Crippen LogP contribution in [-0.2, 0) is 23.9 Å². The van der Waals surface area contributed by atoms with Crippen LogP contribution < -0.4 is 0 Å². The molecule has 0 saturated heterocycles. The third-order valence-corrected chi connectivity index (χ3v) is 8.26. The Balaban J connectivity index is 1.70. The Bertz CT molecular complexity index is 709. The van der Waals surface area contributed by atoms with Crippen molar-refractivity contribution < 1.29 is 23.9 Å². The Labute approximate surface area is 160 Å². The Morgan fingerprint density at radius 3 is 2.56 bits per heavy atom. The molecule has 4 rings (SSSR count). The first-order valence-electron chi connectivity index (χ1n) is 10.3. The summed E-state index contributed by atoms with van der Waals surface area (Å²) in [5, 5.41) is 0. The minimum absolute atomic E-state index is 0.00412. The molecule has 0 bridgehead atoms. The average Bonchev–Trinajstić information content (AvgIpc) is 2.96. The van der Waals surface area contributed by atoms with Crippen molar-refractivity contribution in [3.05, 3.63) is 11.6 Å². The molecule has 0 unspecified atom stereocenters. The molecule has 3 saturated carbocycles. The minimum Gasteiger partial charge on any atom is -0.468 e. The van der Waals surface area contributed by atoms with Gasteiger partial charge < -0.3 is 9.47 Å². The third-order valence-electron chi connectivity index (χ3n) is 8.26. The SMILES string of the molecule is COC(=O)[C@]12CCC(=O)C=C1CC[C@@H]1[C@@H]2CC[C@]2(C)[C@@H](OC(C)=O)CC[C@@H]12. The van der Waals surface area contributed by atoms with Gasteiger partial charge in [0.05, 0.1) is 12.5 Å². The van der Waals surface area contributed by atoms with Gasteiger partial charge in [0.1, 0.15) is 6.10 Å². The molecule has 0 heterocycles. The van der Waals surface area contributed by atoms with Crippen LogP contribution in [0.15, 0.2) is 11.6 Å². The molecule has 27 heavy (non-hydrogen) atoms. The Morgan fingerprint density at radius 2 is 1.85 bits per heavy atom. The minimum atomic E-state index is -0.619.